The molecule has 5 heteroatoms. The van der Waals surface area contributed by atoms with Gasteiger partial charge in [-0.3, -0.25) is 0 Å². The molecule has 2 aromatic rings. The summed E-state index contributed by atoms with van der Waals surface area (Å²) in [5.74, 6) is 6.51. The second kappa shape index (κ2) is 4.25. The number of aromatic nitrogens is 2. The molecular weight excluding hydrogens is 219 g/mol. The van der Waals surface area contributed by atoms with E-state index in [0.717, 1.165) is 5.39 Å². The van der Waals surface area contributed by atoms with Crippen LogP contribution in [0.15, 0.2) is 12.1 Å². The van der Waals surface area contributed by atoms with Crippen molar-refractivity contribution < 1.29 is 4.39 Å². The topological polar surface area (TPSA) is 63.8 Å². The van der Waals surface area contributed by atoms with E-state index in [1.807, 2.05) is 13.8 Å². The predicted molar refractivity (Wildman–Crippen MR) is 66.1 cm³/mol. The van der Waals surface area contributed by atoms with Gasteiger partial charge in [0.15, 0.2) is 5.82 Å². The van der Waals surface area contributed by atoms with E-state index in [2.05, 4.69) is 15.4 Å². The van der Waals surface area contributed by atoms with Crippen molar-refractivity contribution in [2.45, 2.75) is 26.7 Å². The molecule has 1 heterocycles. The second-order valence-electron chi connectivity index (χ2n) is 4.30. The smallest absolute Gasteiger partial charge is 0.151 e. The quantitative estimate of drug-likeness (QED) is 0.619. The summed E-state index contributed by atoms with van der Waals surface area (Å²) < 4.78 is 13.5. The lowest BCUT2D eigenvalue weighted by Gasteiger charge is -2.11. The van der Waals surface area contributed by atoms with Gasteiger partial charge in [-0.2, -0.15) is 0 Å². The molecule has 0 spiro atoms. The molecule has 0 atom stereocenters. The molecule has 0 radical (unpaired) electrons. The number of anilines is 1. The van der Waals surface area contributed by atoms with Crippen LogP contribution in [0.1, 0.15) is 31.2 Å². The van der Waals surface area contributed by atoms with E-state index in [1.54, 1.807) is 13.0 Å². The lowest BCUT2D eigenvalue weighted by atomic mass is 10.1. The number of hydrazine groups is 1. The molecule has 1 aromatic heterocycles. The fourth-order valence-corrected chi connectivity index (χ4v) is 1.69. The minimum atomic E-state index is -0.270. The molecule has 2 rings (SSSR count). The number of nitrogen functional groups attached to an aromatic ring is 1. The Bertz CT molecular complexity index is 566. The number of fused-ring (bicyclic) bond motifs is 1. The Kier molecular flexibility index (Phi) is 2.93. The average molecular weight is 234 g/mol. The number of rotatable bonds is 2. The molecule has 0 unspecified atom stereocenters. The van der Waals surface area contributed by atoms with Gasteiger partial charge in [-0.25, -0.2) is 20.2 Å². The van der Waals surface area contributed by atoms with Crippen molar-refractivity contribution in [3.8, 4) is 0 Å². The van der Waals surface area contributed by atoms with Gasteiger partial charge in [-0.15, -0.1) is 0 Å². The number of nitrogens with zero attached hydrogens (tertiary/aromatic N) is 2. The van der Waals surface area contributed by atoms with Gasteiger partial charge in [0.2, 0.25) is 0 Å². The molecule has 0 amide bonds. The van der Waals surface area contributed by atoms with Crippen LogP contribution in [0.4, 0.5) is 10.2 Å². The highest BCUT2D eigenvalue weighted by Gasteiger charge is 2.13. The van der Waals surface area contributed by atoms with E-state index in [-0.39, 0.29) is 11.7 Å². The monoisotopic (exact) mass is 234 g/mol. The van der Waals surface area contributed by atoms with Crippen LogP contribution in [-0.2, 0) is 0 Å². The Morgan fingerprint density at radius 2 is 2.00 bits per heavy atom. The molecule has 0 aliphatic heterocycles. The molecular formula is C12H15FN4. The highest BCUT2D eigenvalue weighted by molar-refractivity contribution is 5.91. The number of benzene rings is 1. The first-order valence-electron chi connectivity index (χ1n) is 5.48. The maximum Gasteiger partial charge on any atom is 0.151 e. The number of halogens is 1. The lowest BCUT2D eigenvalue weighted by molar-refractivity contribution is 0.620. The molecule has 0 fully saturated rings. The van der Waals surface area contributed by atoms with Crippen molar-refractivity contribution in [3.05, 3.63) is 29.3 Å². The van der Waals surface area contributed by atoms with Gasteiger partial charge >= 0.3 is 0 Å². The Morgan fingerprint density at radius 1 is 1.29 bits per heavy atom. The summed E-state index contributed by atoms with van der Waals surface area (Å²) in [5, 5.41) is 0.732. The number of hydrogen-bond acceptors (Lipinski definition) is 4. The van der Waals surface area contributed by atoms with Gasteiger partial charge in [0.1, 0.15) is 11.6 Å². The fourth-order valence-electron chi connectivity index (χ4n) is 1.69. The van der Waals surface area contributed by atoms with Gasteiger partial charge in [-0.05, 0) is 19.1 Å². The van der Waals surface area contributed by atoms with Crippen molar-refractivity contribution in [2.75, 3.05) is 5.43 Å². The minimum Gasteiger partial charge on any atom is -0.308 e. The zero-order valence-corrected chi connectivity index (χ0v) is 10.1. The van der Waals surface area contributed by atoms with Crippen molar-refractivity contribution >= 4 is 16.7 Å². The summed E-state index contributed by atoms with van der Waals surface area (Å²) in [6.45, 7) is 5.67. The largest absolute Gasteiger partial charge is 0.308 e. The van der Waals surface area contributed by atoms with Crippen molar-refractivity contribution in [1.82, 2.24) is 9.97 Å². The van der Waals surface area contributed by atoms with Crippen LogP contribution in [0, 0.1) is 12.7 Å². The third-order valence-electron chi connectivity index (χ3n) is 2.73. The van der Waals surface area contributed by atoms with E-state index >= 15 is 0 Å². The molecule has 0 aliphatic carbocycles. The third kappa shape index (κ3) is 1.93. The first-order chi connectivity index (χ1) is 8.04. The summed E-state index contributed by atoms with van der Waals surface area (Å²) >= 11 is 0. The molecule has 0 bridgehead atoms. The molecule has 90 valence electrons. The summed E-state index contributed by atoms with van der Waals surface area (Å²) in [6, 6.07) is 3.04. The van der Waals surface area contributed by atoms with Crippen molar-refractivity contribution in [3.63, 3.8) is 0 Å². The zero-order chi connectivity index (χ0) is 12.6. The molecule has 0 saturated carbocycles. The summed E-state index contributed by atoms with van der Waals surface area (Å²) in [6.07, 6.45) is 0. The van der Waals surface area contributed by atoms with E-state index in [9.17, 15) is 4.39 Å². The molecule has 4 nitrogen and oxygen atoms in total. The van der Waals surface area contributed by atoms with Crippen LogP contribution in [0.3, 0.4) is 0 Å². The number of aryl methyl sites for hydroxylation is 1. The molecule has 17 heavy (non-hydrogen) atoms. The molecule has 0 saturated heterocycles. The van der Waals surface area contributed by atoms with Gasteiger partial charge in [0.05, 0.1) is 5.52 Å². The van der Waals surface area contributed by atoms with E-state index in [0.29, 0.717) is 22.7 Å². The highest BCUT2D eigenvalue weighted by Crippen LogP contribution is 2.26. The maximum absolute atomic E-state index is 13.5. The van der Waals surface area contributed by atoms with Crippen molar-refractivity contribution in [2.24, 2.45) is 5.84 Å². The first-order valence-corrected chi connectivity index (χ1v) is 5.48. The van der Waals surface area contributed by atoms with E-state index < -0.39 is 0 Å². The number of hydrogen-bond donors (Lipinski definition) is 2. The maximum atomic E-state index is 13.5. The van der Waals surface area contributed by atoms with Crippen molar-refractivity contribution in [1.29, 1.82) is 0 Å². The Balaban J connectivity index is 2.83. The predicted octanol–water partition coefficient (Wildman–Crippen LogP) is 2.49. The number of nitrogens with one attached hydrogen (secondary N) is 1. The fraction of sp³-hybridized carbons (Fsp3) is 0.333. The van der Waals surface area contributed by atoms with E-state index in [1.165, 1.54) is 6.07 Å². The molecule has 3 N–H and O–H groups in total. The average Bonchev–Trinajstić information content (AvgIpc) is 2.32. The van der Waals surface area contributed by atoms with Gasteiger partial charge < -0.3 is 5.43 Å². The third-order valence-corrected chi connectivity index (χ3v) is 2.73. The second-order valence-corrected chi connectivity index (χ2v) is 4.30. The van der Waals surface area contributed by atoms with Crippen LogP contribution in [0.5, 0.6) is 0 Å². The normalized spacial score (nSPS) is 11.2. The molecule has 0 aliphatic rings. The Labute approximate surface area is 99.0 Å². The van der Waals surface area contributed by atoms with Gasteiger partial charge in [0, 0.05) is 16.9 Å². The van der Waals surface area contributed by atoms with Crippen LogP contribution in [-0.4, -0.2) is 9.97 Å². The molecule has 1 aromatic carbocycles. The van der Waals surface area contributed by atoms with Crippen LogP contribution < -0.4 is 11.3 Å². The zero-order valence-electron chi connectivity index (χ0n) is 10.1. The summed E-state index contributed by atoms with van der Waals surface area (Å²) in [4.78, 5) is 8.72. The Hall–Kier alpha value is -1.75. The number of nitrogens with two attached hydrogens (primary N) is 1. The SMILES string of the molecule is Cc1c(F)ccc2c(NN)nc(C(C)C)nc12. The first kappa shape index (κ1) is 11.7. The van der Waals surface area contributed by atoms with Crippen LogP contribution >= 0.6 is 0 Å². The van der Waals surface area contributed by atoms with E-state index in [4.69, 9.17) is 5.84 Å². The van der Waals surface area contributed by atoms with Gasteiger partial charge in [0.25, 0.3) is 0 Å². The summed E-state index contributed by atoms with van der Waals surface area (Å²) in [5.41, 5.74) is 3.66. The van der Waals surface area contributed by atoms with Crippen LogP contribution in [0.25, 0.3) is 10.9 Å². The Morgan fingerprint density at radius 3 is 2.59 bits per heavy atom. The standard InChI is InChI=1S/C12H15FN4/c1-6(2)11-15-10-7(3)9(13)5-4-8(10)12(16-11)17-14/h4-6H,14H2,1-3H3,(H,15,16,17). The van der Waals surface area contributed by atoms with Gasteiger partial charge in [-0.1, -0.05) is 13.8 Å². The van der Waals surface area contributed by atoms with Crippen LogP contribution in [0.2, 0.25) is 0 Å². The summed E-state index contributed by atoms with van der Waals surface area (Å²) in [7, 11) is 0. The lowest BCUT2D eigenvalue weighted by Crippen LogP contribution is -2.12. The highest BCUT2D eigenvalue weighted by atomic mass is 19.1. The minimum absolute atomic E-state index is 0.161.